The van der Waals surface area contributed by atoms with Crippen molar-refractivity contribution in [3.05, 3.63) is 29.8 Å². The number of phenolic OH excluding ortho intramolecular Hbond substituents is 1. The first-order valence-corrected chi connectivity index (χ1v) is 12.4. The van der Waals surface area contributed by atoms with Gasteiger partial charge in [0.15, 0.2) is 11.5 Å². The number of methoxy groups -OCH3 is 1. The minimum atomic E-state index is -0.336. The predicted molar refractivity (Wildman–Crippen MR) is 130 cm³/mol. The molecule has 1 aromatic rings. The summed E-state index contributed by atoms with van der Waals surface area (Å²) < 4.78 is 10.3. The molecule has 4 heteroatoms. The lowest BCUT2D eigenvalue weighted by molar-refractivity contribution is -0.137. The van der Waals surface area contributed by atoms with Gasteiger partial charge in [0.05, 0.1) is 13.7 Å². The summed E-state index contributed by atoms with van der Waals surface area (Å²) in [5.41, 5.74) is 0.776. The smallest absolute Gasteiger partial charge is 0.330 e. The molecule has 0 aromatic heterocycles. The summed E-state index contributed by atoms with van der Waals surface area (Å²) in [5, 5.41) is 9.58. The van der Waals surface area contributed by atoms with Gasteiger partial charge in [0, 0.05) is 6.08 Å². The van der Waals surface area contributed by atoms with Crippen molar-refractivity contribution >= 4 is 12.0 Å². The van der Waals surface area contributed by atoms with Crippen LogP contribution in [0.25, 0.3) is 6.08 Å². The normalized spacial score (nSPS) is 11.2. The fourth-order valence-electron chi connectivity index (χ4n) is 3.66. The molecule has 0 atom stereocenters. The van der Waals surface area contributed by atoms with Crippen LogP contribution in [0, 0.1) is 0 Å². The van der Waals surface area contributed by atoms with Crippen LogP contribution in [0.4, 0.5) is 0 Å². The van der Waals surface area contributed by atoms with Crippen molar-refractivity contribution in [2.24, 2.45) is 0 Å². The number of aromatic hydroxyl groups is 1. The molecule has 0 unspecified atom stereocenters. The van der Waals surface area contributed by atoms with Crippen LogP contribution in [0.5, 0.6) is 11.5 Å². The number of esters is 1. The molecule has 0 bridgehead atoms. The van der Waals surface area contributed by atoms with E-state index in [1.807, 2.05) is 0 Å². The van der Waals surface area contributed by atoms with Crippen molar-refractivity contribution in [1.82, 2.24) is 0 Å². The maximum absolute atomic E-state index is 11.8. The average molecular weight is 433 g/mol. The molecule has 0 fully saturated rings. The summed E-state index contributed by atoms with van der Waals surface area (Å²) in [6.07, 6.45) is 22.9. The Morgan fingerprint density at radius 1 is 0.839 bits per heavy atom. The lowest BCUT2D eigenvalue weighted by Crippen LogP contribution is -2.02. The van der Waals surface area contributed by atoms with E-state index in [2.05, 4.69) is 6.92 Å². The Morgan fingerprint density at radius 2 is 1.35 bits per heavy atom. The Hall–Kier alpha value is -1.97. The zero-order valence-electron chi connectivity index (χ0n) is 19.9. The third kappa shape index (κ3) is 14.6. The Kier molecular flexibility index (Phi) is 16.4. The highest BCUT2D eigenvalue weighted by Crippen LogP contribution is 2.26. The minimum absolute atomic E-state index is 0.0791. The number of unbranched alkanes of at least 4 members (excludes halogenated alkanes) is 14. The Labute approximate surface area is 190 Å². The molecule has 1 aromatic carbocycles. The third-order valence-electron chi connectivity index (χ3n) is 5.61. The van der Waals surface area contributed by atoms with Gasteiger partial charge in [0.1, 0.15) is 0 Å². The molecule has 0 saturated carbocycles. The molecule has 0 aliphatic rings. The minimum Gasteiger partial charge on any atom is -0.504 e. The second-order valence-corrected chi connectivity index (χ2v) is 8.38. The number of carbonyl (C=O) groups excluding carboxylic acids is 1. The van der Waals surface area contributed by atoms with Crippen LogP contribution in [-0.2, 0) is 9.53 Å². The van der Waals surface area contributed by atoms with Crippen molar-refractivity contribution in [2.75, 3.05) is 13.7 Å². The molecule has 0 spiro atoms. The van der Waals surface area contributed by atoms with Gasteiger partial charge < -0.3 is 14.6 Å². The molecule has 0 heterocycles. The number of ether oxygens (including phenoxy) is 2. The highest BCUT2D eigenvalue weighted by atomic mass is 16.5. The number of phenols is 1. The van der Waals surface area contributed by atoms with Crippen molar-refractivity contribution in [3.8, 4) is 11.5 Å². The predicted octanol–water partition coefficient (Wildman–Crippen LogP) is 7.83. The van der Waals surface area contributed by atoms with Crippen LogP contribution in [0.1, 0.15) is 109 Å². The van der Waals surface area contributed by atoms with Gasteiger partial charge in [-0.1, -0.05) is 103 Å². The SMILES string of the molecule is CCCCCCCCCCCCCCCCCOC(=O)C=Cc1ccc(O)c(OC)c1. The summed E-state index contributed by atoms with van der Waals surface area (Å²) in [7, 11) is 1.49. The fourth-order valence-corrected chi connectivity index (χ4v) is 3.66. The Balaban J connectivity index is 1.91. The van der Waals surface area contributed by atoms with Crippen molar-refractivity contribution < 1.29 is 19.4 Å². The van der Waals surface area contributed by atoms with Crippen LogP contribution in [-0.4, -0.2) is 24.8 Å². The number of carbonyl (C=O) groups is 1. The van der Waals surface area contributed by atoms with E-state index >= 15 is 0 Å². The summed E-state index contributed by atoms with van der Waals surface area (Å²) in [5.74, 6) is 0.126. The lowest BCUT2D eigenvalue weighted by atomic mass is 10.0. The van der Waals surface area contributed by atoms with Gasteiger partial charge in [-0.25, -0.2) is 4.79 Å². The summed E-state index contributed by atoms with van der Waals surface area (Å²) >= 11 is 0. The standard InChI is InChI=1S/C27H44O4/c1-3-4-5-6-7-8-9-10-11-12-13-14-15-16-17-22-31-27(29)21-19-24-18-20-25(28)26(23-24)30-2/h18-21,23,28H,3-17,22H2,1-2H3. The van der Waals surface area contributed by atoms with Gasteiger partial charge in [-0.3, -0.25) is 0 Å². The maximum atomic E-state index is 11.8. The molecule has 0 saturated heterocycles. The van der Waals surface area contributed by atoms with Crippen molar-refractivity contribution in [1.29, 1.82) is 0 Å². The van der Waals surface area contributed by atoms with E-state index in [9.17, 15) is 9.90 Å². The number of benzene rings is 1. The zero-order chi connectivity index (χ0) is 22.6. The second-order valence-electron chi connectivity index (χ2n) is 8.38. The molecule has 1 N–H and O–H groups in total. The van der Waals surface area contributed by atoms with Gasteiger partial charge in [0.2, 0.25) is 0 Å². The molecule has 0 aliphatic heterocycles. The van der Waals surface area contributed by atoms with Crippen molar-refractivity contribution in [3.63, 3.8) is 0 Å². The summed E-state index contributed by atoms with van der Waals surface area (Å²) in [6, 6.07) is 4.93. The van der Waals surface area contributed by atoms with Gasteiger partial charge >= 0.3 is 5.97 Å². The first-order valence-electron chi connectivity index (χ1n) is 12.4. The first kappa shape index (κ1) is 27.1. The van der Waals surface area contributed by atoms with E-state index < -0.39 is 0 Å². The number of hydrogen-bond donors (Lipinski definition) is 1. The molecule has 0 amide bonds. The van der Waals surface area contributed by atoms with Crippen LogP contribution < -0.4 is 4.74 Å². The largest absolute Gasteiger partial charge is 0.504 e. The fraction of sp³-hybridized carbons (Fsp3) is 0.667. The van der Waals surface area contributed by atoms with Gasteiger partial charge in [-0.05, 0) is 30.2 Å². The van der Waals surface area contributed by atoms with Crippen LogP contribution in [0.15, 0.2) is 24.3 Å². The van der Waals surface area contributed by atoms with E-state index in [0.717, 1.165) is 18.4 Å². The van der Waals surface area contributed by atoms with Crippen LogP contribution in [0.3, 0.4) is 0 Å². The highest BCUT2D eigenvalue weighted by molar-refractivity contribution is 5.87. The van der Waals surface area contributed by atoms with Gasteiger partial charge in [-0.15, -0.1) is 0 Å². The Morgan fingerprint density at radius 3 is 1.87 bits per heavy atom. The van der Waals surface area contributed by atoms with E-state index in [1.165, 1.54) is 96.7 Å². The third-order valence-corrected chi connectivity index (χ3v) is 5.61. The summed E-state index contributed by atoms with van der Waals surface area (Å²) in [6.45, 7) is 2.74. The maximum Gasteiger partial charge on any atom is 0.330 e. The lowest BCUT2D eigenvalue weighted by Gasteiger charge is -2.04. The average Bonchev–Trinajstić information content (AvgIpc) is 2.78. The van der Waals surface area contributed by atoms with Crippen molar-refractivity contribution in [2.45, 2.75) is 103 Å². The van der Waals surface area contributed by atoms with Gasteiger partial charge in [0.25, 0.3) is 0 Å². The Bertz CT molecular complexity index is 609. The monoisotopic (exact) mass is 432 g/mol. The second kappa shape index (κ2) is 18.8. The quantitative estimate of drug-likeness (QED) is 0.137. The van der Waals surface area contributed by atoms with Crippen LogP contribution >= 0.6 is 0 Å². The molecular weight excluding hydrogens is 388 g/mol. The number of hydrogen-bond acceptors (Lipinski definition) is 4. The zero-order valence-corrected chi connectivity index (χ0v) is 19.9. The summed E-state index contributed by atoms with van der Waals surface area (Å²) in [4.78, 5) is 11.8. The van der Waals surface area contributed by atoms with E-state index in [1.54, 1.807) is 24.3 Å². The molecule has 1 rings (SSSR count). The molecule has 0 aliphatic carbocycles. The molecular formula is C27H44O4. The number of rotatable bonds is 19. The van der Waals surface area contributed by atoms with Gasteiger partial charge in [-0.2, -0.15) is 0 Å². The molecule has 4 nitrogen and oxygen atoms in total. The van der Waals surface area contributed by atoms with E-state index in [0.29, 0.717) is 12.4 Å². The van der Waals surface area contributed by atoms with E-state index in [4.69, 9.17) is 9.47 Å². The highest BCUT2D eigenvalue weighted by Gasteiger charge is 2.02. The van der Waals surface area contributed by atoms with E-state index in [-0.39, 0.29) is 11.7 Å². The molecule has 0 radical (unpaired) electrons. The van der Waals surface area contributed by atoms with Crippen LogP contribution in [0.2, 0.25) is 0 Å². The molecule has 31 heavy (non-hydrogen) atoms. The molecule has 176 valence electrons. The first-order chi connectivity index (χ1) is 15.2. The topological polar surface area (TPSA) is 55.8 Å².